The second-order valence-corrected chi connectivity index (χ2v) is 6.27. The van der Waals surface area contributed by atoms with E-state index in [9.17, 15) is 4.79 Å². The molecular formula is C20H18BrNO3. The first kappa shape index (κ1) is 17.3. The van der Waals surface area contributed by atoms with E-state index in [-0.39, 0.29) is 5.78 Å². The number of carbonyl (C=O) groups excluding carboxylic acids is 1. The van der Waals surface area contributed by atoms with E-state index in [0.717, 1.165) is 20.9 Å². The summed E-state index contributed by atoms with van der Waals surface area (Å²) < 4.78 is 11.7. The van der Waals surface area contributed by atoms with Crippen molar-refractivity contribution >= 4 is 38.7 Å². The predicted octanol–water partition coefficient (Wildman–Crippen LogP) is 5.23. The molecule has 1 aromatic heterocycles. The highest BCUT2D eigenvalue weighted by atomic mass is 79.9. The van der Waals surface area contributed by atoms with E-state index < -0.39 is 0 Å². The molecule has 0 radical (unpaired) electrons. The van der Waals surface area contributed by atoms with Crippen LogP contribution in [-0.4, -0.2) is 24.5 Å². The van der Waals surface area contributed by atoms with E-state index >= 15 is 0 Å². The quantitative estimate of drug-likeness (QED) is 0.455. The summed E-state index contributed by atoms with van der Waals surface area (Å²) in [7, 11) is 1.59. The molecule has 0 saturated carbocycles. The number of ether oxygens (including phenoxy) is 2. The minimum atomic E-state index is -0.0542. The molecule has 1 heterocycles. The zero-order valence-electron chi connectivity index (χ0n) is 14.0. The van der Waals surface area contributed by atoms with E-state index in [1.807, 2.05) is 43.3 Å². The lowest BCUT2D eigenvalue weighted by molar-refractivity contribution is 0.104. The lowest BCUT2D eigenvalue weighted by Crippen LogP contribution is -1.97. The molecule has 25 heavy (non-hydrogen) atoms. The van der Waals surface area contributed by atoms with E-state index in [0.29, 0.717) is 23.7 Å². The Hall–Kier alpha value is -2.53. The number of aromatic amines is 1. The lowest BCUT2D eigenvalue weighted by atomic mass is 10.1. The topological polar surface area (TPSA) is 51.3 Å². The number of nitrogens with one attached hydrogen (secondary N) is 1. The number of aromatic nitrogens is 1. The molecule has 0 atom stereocenters. The van der Waals surface area contributed by atoms with Crippen molar-refractivity contribution in [3.8, 4) is 11.5 Å². The van der Waals surface area contributed by atoms with Gasteiger partial charge < -0.3 is 14.5 Å². The van der Waals surface area contributed by atoms with Gasteiger partial charge in [-0.3, -0.25) is 4.79 Å². The Balaban J connectivity index is 1.89. The molecule has 5 heteroatoms. The zero-order valence-corrected chi connectivity index (χ0v) is 15.6. The van der Waals surface area contributed by atoms with Crippen molar-refractivity contribution in [2.24, 2.45) is 0 Å². The fourth-order valence-electron chi connectivity index (χ4n) is 2.66. The van der Waals surface area contributed by atoms with Crippen LogP contribution >= 0.6 is 15.9 Å². The van der Waals surface area contributed by atoms with E-state index in [1.165, 1.54) is 0 Å². The van der Waals surface area contributed by atoms with Crippen LogP contribution in [0.1, 0.15) is 22.8 Å². The molecular weight excluding hydrogens is 382 g/mol. The molecule has 0 saturated heterocycles. The second kappa shape index (κ2) is 7.57. The highest BCUT2D eigenvalue weighted by Gasteiger charge is 2.12. The van der Waals surface area contributed by atoms with Gasteiger partial charge in [0.2, 0.25) is 0 Å². The maximum absolute atomic E-state index is 12.5. The van der Waals surface area contributed by atoms with Gasteiger partial charge in [0.15, 0.2) is 17.3 Å². The van der Waals surface area contributed by atoms with Gasteiger partial charge in [-0.1, -0.05) is 24.3 Å². The van der Waals surface area contributed by atoms with Crippen molar-refractivity contribution < 1.29 is 14.3 Å². The minimum absolute atomic E-state index is 0.0542. The average Bonchev–Trinajstić information content (AvgIpc) is 3.05. The fraction of sp³-hybridized carbons (Fsp3) is 0.150. The average molecular weight is 400 g/mol. The predicted molar refractivity (Wildman–Crippen MR) is 104 cm³/mol. The molecule has 0 aliphatic carbocycles. The van der Waals surface area contributed by atoms with Gasteiger partial charge in [-0.05, 0) is 52.7 Å². The summed E-state index contributed by atoms with van der Waals surface area (Å²) in [5.41, 5.74) is 2.45. The van der Waals surface area contributed by atoms with Crippen molar-refractivity contribution in [3.63, 3.8) is 0 Å². The van der Waals surface area contributed by atoms with Gasteiger partial charge in [-0.25, -0.2) is 0 Å². The Kier molecular flexibility index (Phi) is 5.24. The van der Waals surface area contributed by atoms with Crippen LogP contribution in [0.15, 0.2) is 53.1 Å². The summed E-state index contributed by atoms with van der Waals surface area (Å²) in [5, 5.41) is 0.919. The molecule has 0 aliphatic rings. The SMILES string of the molecule is CCOc1c(Br)cc(/C=C/C(=O)c2c[nH]c3ccccc23)cc1OC. The number of benzene rings is 2. The van der Waals surface area contributed by atoms with Gasteiger partial charge in [0, 0.05) is 22.7 Å². The van der Waals surface area contributed by atoms with Gasteiger partial charge in [0.05, 0.1) is 18.2 Å². The highest BCUT2D eigenvalue weighted by molar-refractivity contribution is 9.10. The summed E-state index contributed by atoms with van der Waals surface area (Å²) in [5.74, 6) is 1.22. The number of hydrogen-bond donors (Lipinski definition) is 1. The molecule has 128 valence electrons. The summed E-state index contributed by atoms with van der Waals surface area (Å²) in [4.78, 5) is 15.6. The monoisotopic (exact) mass is 399 g/mol. The first-order valence-corrected chi connectivity index (χ1v) is 8.72. The second-order valence-electron chi connectivity index (χ2n) is 5.41. The molecule has 0 unspecified atom stereocenters. The Bertz CT molecular complexity index is 943. The number of H-pyrrole nitrogens is 1. The minimum Gasteiger partial charge on any atom is -0.493 e. The third-order valence-corrected chi connectivity index (χ3v) is 4.41. The number of rotatable bonds is 6. The van der Waals surface area contributed by atoms with Crippen LogP contribution in [0.5, 0.6) is 11.5 Å². The first-order valence-electron chi connectivity index (χ1n) is 7.93. The normalized spacial score (nSPS) is 11.2. The third kappa shape index (κ3) is 3.61. The molecule has 3 aromatic rings. The summed E-state index contributed by atoms with van der Waals surface area (Å²) in [6.45, 7) is 2.46. The number of fused-ring (bicyclic) bond motifs is 1. The number of para-hydroxylation sites is 1. The molecule has 3 rings (SSSR count). The van der Waals surface area contributed by atoms with Crippen LogP contribution in [-0.2, 0) is 0 Å². The van der Waals surface area contributed by atoms with Crippen LogP contribution in [0.2, 0.25) is 0 Å². The number of hydrogen-bond acceptors (Lipinski definition) is 3. The smallest absolute Gasteiger partial charge is 0.187 e. The molecule has 0 fully saturated rings. The Morgan fingerprint density at radius 2 is 2.08 bits per heavy atom. The van der Waals surface area contributed by atoms with Crippen molar-refractivity contribution in [3.05, 3.63) is 64.3 Å². The lowest BCUT2D eigenvalue weighted by Gasteiger charge is -2.12. The van der Waals surface area contributed by atoms with Crippen molar-refractivity contribution in [2.45, 2.75) is 6.92 Å². The molecule has 4 nitrogen and oxygen atoms in total. The van der Waals surface area contributed by atoms with Gasteiger partial charge in [0.1, 0.15) is 0 Å². The number of ketones is 1. The maximum atomic E-state index is 12.5. The van der Waals surface area contributed by atoms with Gasteiger partial charge >= 0.3 is 0 Å². The van der Waals surface area contributed by atoms with E-state index in [1.54, 1.807) is 25.5 Å². The van der Waals surface area contributed by atoms with E-state index in [2.05, 4.69) is 20.9 Å². The zero-order chi connectivity index (χ0) is 17.8. The van der Waals surface area contributed by atoms with Gasteiger partial charge in [-0.2, -0.15) is 0 Å². The van der Waals surface area contributed by atoms with Crippen LogP contribution < -0.4 is 9.47 Å². The van der Waals surface area contributed by atoms with Crippen LogP contribution in [0.25, 0.3) is 17.0 Å². The van der Waals surface area contributed by atoms with E-state index in [4.69, 9.17) is 9.47 Å². The highest BCUT2D eigenvalue weighted by Crippen LogP contribution is 2.37. The largest absolute Gasteiger partial charge is 0.493 e. The van der Waals surface area contributed by atoms with Crippen molar-refractivity contribution in [1.29, 1.82) is 0 Å². The van der Waals surface area contributed by atoms with Crippen LogP contribution in [0.3, 0.4) is 0 Å². The first-order chi connectivity index (χ1) is 12.1. The van der Waals surface area contributed by atoms with Crippen molar-refractivity contribution in [2.75, 3.05) is 13.7 Å². The van der Waals surface area contributed by atoms with Gasteiger partial charge in [0.25, 0.3) is 0 Å². The summed E-state index contributed by atoms with van der Waals surface area (Å²) in [6.07, 6.45) is 5.08. The summed E-state index contributed by atoms with van der Waals surface area (Å²) >= 11 is 3.49. The molecule has 0 amide bonds. The Morgan fingerprint density at radius 1 is 1.28 bits per heavy atom. The van der Waals surface area contributed by atoms with Gasteiger partial charge in [-0.15, -0.1) is 0 Å². The Morgan fingerprint density at radius 3 is 2.84 bits per heavy atom. The molecule has 0 bridgehead atoms. The maximum Gasteiger partial charge on any atom is 0.187 e. The molecule has 0 aliphatic heterocycles. The molecule has 0 spiro atoms. The third-order valence-electron chi connectivity index (χ3n) is 3.82. The number of methoxy groups -OCH3 is 1. The standard InChI is InChI=1S/C20H18BrNO3/c1-3-25-20-16(21)10-13(11-19(20)24-2)8-9-18(23)15-12-22-17-7-5-4-6-14(15)17/h4-12,22H,3H2,1-2H3/b9-8+. The van der Waals surface area contributed by atoms with Crippen LogP contribution in [0, 0.1) is 0 Å². The number of halogens is 1. The molecule has 1 N–H and O–H groups in total. The Labute approximate surface area is 154 Å². The summed E-state index contributed by atoms with van der Waals surface area (Å²) in [6, 6.07) is 11.5. The molecule has 2 aromatic carbocycles. The van der Waals surface area contributed by atoms with Crippen LogP contribution in [0.4, 0.5) is 0 Å². The van der Waals surface area contributed by atoms with Crippen molar-refractivity contribution in [1.82, 2.24) is 4.98 Å². The number of carbonyl (C=O) groups is 1. The number of allylic oxidation sites excluding steroid dienone is 1. The fourth-order valence-corrected chi connectivity index (χ4v) is 3.23.